The Kier molecular flexibility index (Phi) is 5.52. The van der Waals surface area contributed by atoms with Gasteiger partial charge in [-0.1, -0.05) is 39.0 Å². The van der Waals surface area contributed by atoms with E-state index < -0.39 is 9.84 Å². The fourth-order valence-electron chi connectivity index (χ4n) is 2.36. The maximum atomic E-state index is 12.2. The van der Waals surface area contributed by atoms with Crippen LogP contribution in [0.3, 0.4) is 0 Å². The van der Waals surface area contributed by atoms with Crippen LogP contribution in [0.5, 0.6) is 5.75 Å². The fourth-order valence-corrected chi connectivity index (χ4v) is 2.99. The summed E-state index contributed by atoms with van der Waals surface area (Å²) in [6.07, 6.45) is 1.14. The summed E-state index contributed by atoms with van der Waals surface area (Å²) in [5, 5.41) is 2.86. The summed E-state index contributed by atoms with van der Waals surface area (Å²) < 4.78 is 28.3. The zero-order chi connectivity index (χ0) is 18.7. The van der Waals surface area contributed by atoms with Gasteiger partial charge in [-0.05, 0) is 41.3 Å². The molecule has 134 valence electrons. The van der Waals surface area contributed by atoms with Gasteiger partial charge in [0.1, 0.15) is 5.75 Å². The van der Waals surface area contributed by atoms with E-state index in [0.717, 1.165) is 17.5 Å². The number of sulfone groups is 1. The molecule has 0 aliphatic carbocycles. The molecule has 2 rings (SSSR count). The van der Waals surface area contributed by atoms with Gasteiger partial charge in [-0.2, -0.15) is 0 Å². The van der Waals surface area contributed by atoms with Gasteiger partial charge in [0.05, 0.1) is 4.90 Å². The van der Waals surface area contributed by atoms with E-state index in [1.807, 2.05) is 24.3 Å². The second kappa shape index (κ2) is 7.27. The van der Waals surface area contributed by atoms with Gasteiger partial charge in [-0.3, -0.25) is 4.79 Å². The number of carbonyl (C=O) groups excluding carboxylic acids is 1. The molecule has 0 aliphatic heterocycles. The van der Waals surface area contributed by atoms with E-state index in [9.17, 15) is 13.2 Å². The van der Waals surface area contributed by atoms with Crippen LogP contribution < -0.4 is 10.1 Å². The first-order valence-corrected chi connectivity index (χ1v) is 9.79. The van der Waals surface area contributed by atoms with E-state index in [2.05, 4.69) is 26.1 Å². The van der Waals surface area contributed by atoms with Gasteiger partial charge in [0, 0.05) is 11.9 Å². The lowest BCUT2D eigenvalue weighted by atomic mass is 9.86. The quantitative estimate of drug-likeness (QED) is 0.886. The number of benzene rings is 2. The van der Waals surface area contributed by atoms with E-state index in [-0.39, 0.29) is 22.8 Å². The number of hydrogen-bond acceptors (Lipinski definition) is 4. The van der Waals surface area contributed by atoms with Crippen molar-refractivity contribution in [1.82, 2.24) is 0 Å². The van der Waals surface area contributed by atoms with Crippen LogP contribution in [-0.4, -0.2) is 27.2 Å². The Morgan fingerprint density at radius 1 is 1.04 bits per heavy atom. The zero-order valence-corrected chi connectivity index (χ0v) is 15.7. The first-order valence-electron chi connectivity index (χ1n) is 7.89. The predicted molar refractivity (Wildman–Crippen MR) is 98.8 cm³/mol. The molecule has 6 heteroatoms. The third-order valence-corrected chi connectivity index (χ3v) is 4.76. The fraction of sp³-hybridized carbons (Fsp3) is 0.316. The van der Waals surface area contributed by atoms with Gasteiger partial charge in [0.25, 0.3) is 5.91 Å². The van der Waals surface area contributed by atoms with Crippen LogP contribution in [-0.2, 0) is 20.0 Å². The summed E-state index contributed by atoms with van der Waals surface area (Å²) in [5.74, 6) is 0.163. The number of nitrogens with one attached hydrogen (secondary N) is 1. The van der Waals surface area contributed by atoms with E-state index in [1.54, 1.807) is 0 Å². The number of rotatable bonds is 5. The number of carbonyl (C=O) groups is 1. The summed E-state index contributed by atoms with van der Waals surface area (Å²) in [7, 11) is -3.25. The molecule has 2 aromatic rings. The molecule has 0 bridgehead atoms. The van der Waals surface area contributed by atoms with Crippen molar-refractivity contribution in [1.29, 1.82) is 0 Å². The minimum atomic E-state index is -3.25. The van der Waals surface area contributed by atoms with Crippen LogP contribution in [0.15, 0.2) is 53.4 Å². The number of amides is 1. The zero-order valence-electron chi connectivity index (χ0n) is 14.9. The van der Waals surface area contributed by atoms with E-state index in [4.69, 9.17) is 4.74 Å². The summed E-state index contributed by atoms with van der Waals surface area (Å²) in [5.41, 5.74) is 1.71. The molecule has 2 aromatic carbocycles. The summed E-state index contributed by atoms with van der Waals surface area (Å²) in [4.78, 5) is 12.4. The molecular weight excluding hydrogens is 338 g/mol. The van der Waals surface area contributed by atoms with Gasteiger partial charge in [0.2, 0.25) is 0 Å². The monoisotopic (exact) mass is 361 g/mol. The van der Waals surface area contributed by atoms with Crippen LogP contribution in [0.4, 0.5) is 5.69 Å². The molecule has 0 radical (unpaired) electrons. The van der Waals surface area contributed by atoms with Crippen molar-refractivity contribution < 1.29 is 17.9 Å². The van der Waals surface area contributed by atoms with Gasteiger partial charge in [-0.25, -0.2) is 8.42 Å². The van der Waals surface area contributed by atoms with Crippen LogP contribution in [0, 0.1) is 0 Å². The Bertz CT molecular complexity index is 850. The highest BCUT2D eigenvalue weighted by Crippen LogP contribution is 2.29. The van der Waals surface area contributed by atoms with E-state index in [1.165, 1.54) is 24.3 Å². The van der Waals surface area contributed by atoms with Crippen molar-refractivity contribution in [2.24, 2.45) is 0 Å². The molecule has 0 atom stereocenters. The smallest absolute Gasteiger partial charge is 0.262 e. The first-order chi connectivity index (χ1) is 11.6. The Balaban J connectivity index is 2.00. The van der Waals surface area contributed by atoms with Crippen LogP contribution in [0.1, 0.15) is 26.3 Å². The lowest BCUT2D eigenvalue weighted by Crippen LogP contribution is -2.23. The number of para-hydroxylation sites is 1. The minimum absolute atomic E-state index is 0.0911. The highest BCUT2D eigenvalue weighted by atomic mass is 32.2. The van der Waals surface area contributed by atoms with Gasteiger partial charge in [0.15, 0.2) is 16.4 Å². The average Bonchev–Trinajstić information content (AvgIpc) is 2.52. The number of hydrogen-bond donors (Lipinski definition) is 1. The number of ether oxygens (including phenoxy) is 1. The van der Waals surface area contributed by atoms with Gasteiger partial charge < -0.3 is 10.1 Å². The Morgan fingerprint density at radius 2 is 1.64 bits per heavy atom. The summed E-state index contributed by atoms with van der Waals surface area (Å²) >= 11 is 0. The Morgan fingerprint density at radius 3 is 2.20 bits per heavy atom. The van der Waals surface area contributed by atoms with E-state index >= 15 is 0 Å². The molecule has 0 heterocycles. The average molecular weight is 361 g/mol. The predicted octanol–water partition coefficient (Wildman–Crippen LogP) is 3.41. The highest BCUT2D eigenvalue weighted by molar-refractivity contribution is 7.90. The second-order valence-corrected chi connectivity index (χ2v) is 8.89. The highest BCUT2D eigenvalue weighted by Gasteiger charge is 2.18. The molecular formula is C19H23NO4S. The van der Waals surface area contributed by atoms with Crippen molar-refractivity contribution >= 4 is 21.4 Å². The molecule has 0 saturated carbocycles. The lowest BCUT2D eigenvalue weighted by Gasteiger charge is -2.23. The maximum absolute atomic E-state index is 12.2. The van der Waals surface area contributed by atoms with Crippen LogP contribution >= 0.6 is 0 Å². The molecule has 0 fully saturated rings. The van der Waals surface area contributed by atoms with Crippen molar-refractivity contribution in [2.45, 2.75) is 31.1 Å². The molecule has 0 unspecified atom stereocenters. The third kappa shape index (κ3) is 5.32. The normalized spacial score (nSPS) is 11.8. The Hall–Kier alpha value is -2.34. The molecule has 0 saturated heterocycles. The maximum Gasteiger partial charge on any atom is 0.262 e. The molecule has 0 aliphatic rings. The second-order valence-electron chi connectivity index (χ2n) is 6.88. The largest absolute Gasteiger partial charge is 0.484 e. The molecule has 0 spiro atoms. The molecule has 0 aromatic heterocycles. The number of anilines is 1. The van der Waals surface area contributed by atoms with Crippen molar-refractivity contribution in [3.8, 4) is 5.75 Å². The molecule has 25 heavy (non-hydrogen) atoms. The van der Waals surface area contributed by atoms with Crippen molar-refractivity contribution in [3.05, 3.63) is 54.1 Å². The lowest BCUT2D eigenvalue weighted by molar-refractivity contribution is -0.118. The topological polar surface area (TPSA) is 72.5 Å². The SMILES string of the molecule is CC(C)(C)c1ccccc1NC(=O)COc1ccc(S(C)(=O)=O)cc1. The molecule has 5 nitrogen and oxygen atoms in total. The third-order valence-electron chi connectivity index (χ3n) is 3.63. The van der Waals surface area contributed by atoms with Crippen molar-refractivity contribution in [3.63, 3.8) is 0 Å². The van der Waals surface area contributed by atoms with Crippen LogP contribution in [0.2, 0.25) is 0 Å². The van der Waals surface area contributed by atoms with Crippen LogP contribution in [0.25, 0.3) is 0 Å². The van der Waals surface area contributed by atoms with Gasteiger partial charge in [-0.15, -0.1) is 0 Å². The summed E-state index contributed by atoms with van der Waals surface area (Å²) in [6, 6.07) is 13.6. The summed E-state index contributed by atoms with van der Waals surface area (Å²) in [6.45, 7) is 6.09. The molecule has 1 N–H and O–H groups in total. The Labute approximate surface area is 148 Å². The standard InChI is InChI=1S/C19H23NO4S/c1-19(2,3)16-7-5-6-8-17(16)20-18(21)13-24-14-9-11-15(12-10-14)25(4,22)23/h5-12H,13H2,1-4H3,(H,20,21). The van der Waals surface area contributed by atoms with Gasteiger partial charge >= 0.3 is 0 Å². The van der Waals surface area contributed by atoms with E-state index in [0.29, 0.717) is 5.75 Å². The first kappa shape index (κ1) is 19.0. The van der Waals surface area contributed by atoms with Crippen molar-refractivity contribution in [2.75, 3.05) is 18.2 Å². The molecule has 1 amide bonds. The minimum Gasteiger partial charge on any atom is -0.484 e.